The first-order chi connectivity index (χ1) is 2.83. The van der Waals surface area contributed by atoms with Gasteiger partial charge in [0.05, 0.1) is 0 Å². The van der Waals surface area contributed by atoms with Crippen LogP contribution < -0.4 is 0 Å². The molecule has 33 valence electrons. The van der Waals surface area contributed by atoms with E-state index in [9.17, 15) is 0 Å². The van der Waals surface area contributed by atoms with Gasteiger partial charge in [0, 0.05) is 0 Å². The van der Waals surface area contributed by atoms with E-state index in [-0.39, 0.29) is 0 Å². The fraction of sp³-hybridized carbons (Fsp3) is 0. The summed E-state index contributed by atoms with van der Waals surface area (Å²) in [7, 11) is 0. The van der Waals surface area contributed by atoms with Crippen molar-refractivity contribution in [1.29, 1.82) is 5.26 Å². The Labute approximate surface area is 52.1 Å². The number of nitrogens with zero attached hydrogens (tertiary/aromatic N) is 1. The predicted molar refractivity (Wildman–Crippen MR) is 6.99 cm³/mol. The normalized spacial score (nSPS) is 2.67. The molecule has 5 heteroatoms. The fourth-order valence-electron chi connectivity index (χ4n) is 0. The summed E-state index contributed by atoms with van der Waals surface area (Å²) in [5.41, 5.74) is 0. The molecule has 0 atom stereocenters. The van der Waals surface area contributed by atoms with E-state index in [0.717, 1.165) is 0 Å². The van der Waals surface area contributed by atoms with Crippen LogP contribution in [-0.4, -0.2) is 0 Å². The molecule has 0 N–H and O–H groups in total. The van der Waals surface area contributed by atoms with Crippen LogP contribution in [0.3, 0.4) is 0 Å². The SMILES string of the molecule is N#[C][Fe].[O]=[Ti]=[O]. The van der Waals surface area contributed by atoms with Crippen LogP contribution in [0.1, 0.15) is 0 Å². The first kappa shape index (κ1) is 9.59. The van der Waals surface area contributed by atoms with E-state index in [1.54, 1.807) is 0 Å². The zero-order valence-corrected chi connectivity index (χ0v) is 5.28. The molecule has 0 aliphatic heterocycles. The molecule has 0 saturated carbocycles. The summed E-state index contributed by atoms with van der Waals surface area (Å²) in [5.74, 6) is 0. The molecule has 0 amide bonds. The second kappa shape index (κ2) is 18.4. The van der Waals surface area contributed by atoms with Crippen LogP contribution in [-0.2, 0) is 41.8 Å². The molecule has 0 unspecified atom stereocenters. The van der Waals surface area contributed by atoms with Crippen molar-refractivity contribution < 1.29 is 41.8 Å². The van der Waals surface area contributed by atoms with Crippen molar-refractivity contribution in [2.24, 2.45) is 0 Å². The third kappa shape index (κ3) is 456. The predicted octanol–water partition coefficient (Wildman–Crippen LogP) is -0.226. The maximum atomic E-state index is 8.50. The first-order valence-corrected chi connectivity index (χ1v) is 2.64. The van der Waals surface area contributed by atoms with E-state index < -0.39 is 19.1 Å². The van der Waals surface area contributed by atoms with Crippen LogP contribution in [0.15, 0.2) is 0 Å². The number of nitriles is 1. The van der Waals surface area contributed by atoms with Gasteiger partial charge >= 0.3 is 52.0 Å². The molecule has 0 heterocycles. The van der Waals surface area contributed by atoms with Gasteiger partial charge in [0.15, 0.2) is 0 Å². The van der Waals surface area contributed by atoms with Crippen LogP contribution in [0, 0.1) is 10.2 Å². The zero-order chi connectivity index (χ0) is 5.41. The van der Waals surface area contributed by atoms with Gasteiger partial charge in [0.2, 0.25) is 0 Å². The van der Waals surface area contributed by atoms with E-state index in [2.05, 4.69) is 16.0 Å². The van der Waals surface area contributed by atoms with Crippen LogP contribution >= 0.6 is 0 Å². The van der Waals surface area contributed by atoms with Gasteiger partial charge in [-0.15, -0.1) is 0 Å². The summed E-state index contributed by atoms with van der Waals surface area (Å²) in [6.07, 6.45) is 0. The van der Waals surface area contributed by atoms with E-state index in [4.69, 9.17) is 11.9 Å². The van der Waals surface area contributed by atoms with Gasteiger partial charge in [-0.3, -0.25) is 0 Å². The average Bonchev–Trinajstić information content (AvgIpc) is 1.39. The monoisotopic (exact) mass is 162 g/mol. The first-order valence-electron chi connectivity index (χ1n) is 0.809. The molecule has 0 aliphatic rings. The van der Waals surface area contributed by atoms with E-state index >= 15 is 0 Å². The van der Waals surface area contributed by atoms with Crippen LogP contribution in [0.5, 0.6) is 0 Å². The Morgan fingerprint density at radius 3 is 1.67 bits per heavy atom. The summed E-state index contributed by atoms with van der Waals surface area (Å²) in [5, 5.41) is 7.21. The Morgan fingerprint density at radius 2 is 1.67 bits per heavy atom. The van der Waals surface area contributed by atoms with Gasteiger partial charge in [-0.05, 0) is 0 Å². The van der Waals surface area contributed by atoms with Gasteiger partial charge in [-0.2, -0.15) is 0 Å². The van der Waals surface area contributed by atoms with Gasteiger partial charge < -0.3 is 0 Å². The van der Waals surface area contributed by atoms with Crippen molar-refractivity contribution in [3.05, 3.63) is 0 Å². The molecule has 0 fully saturated rings. The van der Waals surface area contributed by atoms with Crippen molar-refractivity contribution in [1.82, 2.24) is 0 Å². The molecule has 0 radical (unpaired) electrons. The molecule has 3 nitrogen and oxygen atoms in total. The minimum atomic E-state index is -2.00. The second-order valence-corrected chi connectivity index (χ2v) is 0.670. The molecule has 0 aliphatic carbocycles. The molecule has 0 aromatic carbocycles. The molecular weight excluding hydrogens is 162 g/mol. The van der Waals surface area contributed by atoms with Gasteiger partial charge in [0.1, 0.15) is 0 Å². The Hall–Kier alpha value is 0.324. The Morgan fingerprint density at radius 1 is 1.67 bits per heavy atom. The third-order valence-electron chi connectivity index (χ3n) is 0. The van der Waals surface area contributed by atoms with Crippen molar-refractivity contribution in [2.75, 3.05) is 0 Å². The van der Waals surface area contributed by atoms with Crippen LogP contribution in [0.2, 0.25) is 0 Å². The van der Waals surface area contributed by atoms with E-state index in [0.29, 0.717) is 0 Å². The van der Waals surface area contributed by atoms with E-state index in [1.165, 1.54) is 4.97 Å². The van der Waals surface area contributed by atoms with Crippen molar-refractivity contribution in [2.45, 2.75) is 0 Å². The molecule has 0 aromatic rings. The molecular formula is CFeNO2Ti. The molecule has 0 aromatic heterocycles. The van der Waals surface area contributed by atoms with Gasteiger partial charge in [-0.1, -0.05) is 0 Å². The fourth-order valence-corrected chi connectivity index (χ4v) is 0. The molecule has 0 spiro atoms. The number of hydrogen-bond donors (Lipinski definition) is 0. The van der Waals surface area contributed by atoms with Crippen LogP contribution in [0.25, 0.3) is 0 Å². The average molecular weight is 162 g/mol. The molecule has 0 rings (SSSR count). The standard InChI is InChI=1S/CN.Fe.2O.Ti/c1-2;;;;. The Balaban J connectivity index is 0. The number of hydrogen-bond acceptors (Lipinski definition) is 3. The van der Waals surface area contributed by atoms with Gasteiger partial charge in [0.25, 0.3) is 0 Å². The second-order valence-electron chi connectivity index (χ2n) is 0.162. The van der Waals surface area contributed by atoms with Crippen molar-refractivity contribution >= 4 is 0 Å². The third-order valence-corrected chi connectivity index (χ3v) is 0. The van der Waals surface area contributed by atoms with Crippen molar-refractivity contribution in [3.8, 4) is 4.97 Å². The summed E-state index contributed by atoms with van der Waals surface area (Å²) in [4.78, 5) is 1.50. The van der Waals surface area contributed by atoms with Gasteiger partial charge in [-0.25, -0.2) is 0 Å². The Kier molecular flexibility index (Phi) is 29.5. The summed E-state index contributed by atoms with van der Waals surface area (Å²) in [6, 6.07) is 0. The van der Waals surface area contributed by atoms with Crippen LogP contribution in [0.4, 0.5) is 0 Å². The maximum absolute atomic E-state index is 8.50. The summed E-state index contributed by atoms with van der Waals surface area (Å²) in [6.45, 7) is 0. The minimum absolute atomic E-state index is 1.50. The summed E-state index contributed by atoms with van der Waals surface area (Å²) < 4.78 is 17.0. The van der Waals surface area contributed by atoms with E-state index in [1.807, 2.05) is 0 Å². The summed E-state index contributed by atoms with van der Waals surface area (Å²) >= 11 is 0.792. The Bertz CT molecular complexity index is 80.0. The zero-order valence-electron chi connectivity index (χ0n) is 2.62. The quantitative estimate of drug-likeness (QED) is 0.462. The van der Waals surface area contributed by atoms with Crippen molar-refractivity contribution in [3.63, 3.8) is 0 Å². The molecule has 0 saturated heterocycles. The topological polar surface area (TPSA) is 57.9 Å². The molecule has 6 heavy (non-hydrogen) atoms. The number of rotatable bonds is 0. The molecule has 0 bridgehead atoms.